The first-order valence-corrected chi connectivity index (χ1v) is 7.79. The number of unbranched alkanes of at least 4 members (excludes halogenated alkanes) is 1. The number of halogens is 1. The van der Waals surface area contributed by atoms with E-state index in [0.717, 1.165) is 37.2 Å². The summed E-state index contributed by atoms with van der Waals surface area (Å²) < 4.78 is 24.7. The van der Waals surface area contributed by atoms with Crippen LogP contribution in [0.1, 0.15) is 25.3 Å². The maximum Gasteiger partial charge on any atom is 0.143 e. The zero-order chi connectivity index (χ0) is 15.8. The molecule has 0 N–H and O–H groups in total. The largest absolute Gasteiger partial charge is 0.494 e. The van der Waals surface area contributed by atoms with Crippen LogP contribution in [0.2, 0.25) is 0 Å². The third-order valence-corrected chi connectivity index (χ3v) is 3.47. The van der Waals surface area contributed by atoms with E-state index < -0.39 is 0 Å². The van der Waals surface area contributed by atoms with E-state index >= 15 is 0 Å². The van der Waals surface area contributed by atoms with E-state index in [1.807, 2.05) is 24.3 Å². The van der Waals surface area contributed by atoms with Crippen LogP contribution in [0.25, 0.3) is 0 Å². The number of ether oxygens (including phenoxy) is 2. The van der Waals surface area contributed by atoms with E-state index in [1.54, 1.807) is 20.0 Å². The van der Waals surface area contributed by atoms with Crippen molar-refractivity contribution in [1.82, 2.24) is 0 Å². The van der Waals surface area contributed by atoms with Crippen LogP contribution >= 0.6 is 0 Å². The highest BCUT2D eigenvalue weighted by Gasteiger charge is 2.01. The summed E-state index contributed by atoms with van der Waals surface area (Å²) in [4.78, 5) is 0. The summed E-state index contributed by atoms with van der Waals surface area (Å²) in [6.45, 7) is 3.41. The van der Waals surface area contributed by atoms with Gasteiger partial charge >= 0.3 is 0 Å². The lowest BCUT2D eigenvalue weighted by molar-refractivity contribution is 0.307. The molecular formula is C18H22BFO2. The van der Waals surface area contributed by atoms with Gasteiger partial charge in [0.1, 0.15) is 25.2 Å². The second kappa shape index (κ2) is 8.47. The van der Waals surface area contributed by atoms with Crippen LogP contribution in [0, 0.1) is 5.82 Å². The Bertz CT molecular complexity index is 601. The molecule has 0 radical (unpaired) electrons. The molecule has 0 fully saturated rings. The summed E-state index contributed by atoms with van der Waals surface area (Å²) in [7, 11) is 1.74. The molecule has 2 rings (SSSR count). The first-order valence-electron chi connectivity index (χ1n) is 7.79. The van der Waals surface area contributed by atoms with Gasteiger partial charge in [-0.25, -0.2) is 4.39 Å². The topological polar surface area (TPSA) is 18.5 Å². The van der Waals surface area contributed by atoms with Gasteiger partial charge in [-0.15, -0.1) is 0 Å². The van der Waals surface area contributed by atoms with Gasteiger partial charge in [-0.05, 0) is 30.2 Å². The fourth-order valence-corrected chi connectivity index (χ4v) is 2.08. The Morgan fingerprint density at radius 1 is 1.00 bits per heavy atom. The summed E-state index contributed by atoms with van der Waals surface area (Å²) in [6.07, 6.45) is 2.95. The zero-order valence-electron chi connectivity index (χ0n) is 13.3. The molecule has 0 bridgehead atoms. The highest BCUT2D eigenvalue weighted by molar-refractivity contribution is 6.32. The molecule has 2 aromatic rings. The van der Waals surface area contributed by atoms with Crippen molar-refractivity contribution in [3.05, 3.63) is 53.8 Å². The van der Waals surface area contributed by atoms with Crippen LogP contribution in [-0.4, -0.2) is 21.1 Å². The van der Waals surface area contributed by atoms with Crippen LogP contribution in [0.5, 0.6) is 11.5 Å². The fourth-order valence-electron chi connectivity index (χ4n) is 2.08. The van der Waals surface area contributed by atoms with Crippen molar-refractivity contribution in [2.45, 2.75) is 26.2 Å². The fraction of sp³-hybridized carbons (Fsp3) is 0.333. The van der Waals surface area contributed by atoms with E-state index in [0.29, 0.717) is 17.8 Å². The normalized spacial score (nSPS) is 10.5. The van der Waals surface area contributed by atoms with Gasteiger partial charge in [0.05, 0.1) is 13.2 Å². The van der Waals surface area contributed by atoms with E-state index in [9.17, 15) is 4.39 Å². The van der Waals surface area contributed by atoms with Gasteiger partial charge in [0.2, 0.25) is 0 Å². The van der Waals surface area contributed by atoms with E-state index in [1.165, 1.54) is 6.07 Å². The van der Waals surface area contributed by atoms with E-state index in [2.05, 4.69) is 6.92 Å². The van der Waals surface area contributed by atoms with E-state index in [4.69, 9.17) is 9.47 Å². The lowest BCUT2D eigenvalue weighted by Crippen LogP contribution is -2.09. The van der Waals surface area contributed by atoms with Crippen molar-refractivity contribution in [2.75, 3.05) is 13.2 Å². The van der Waals surface area contributed by atoms with Crippen LogP contribution in [0.15, 0.2) is 42.5 Å². The maximum atomic E-state index is 13.4. The zero-order valence-corrected chi connectivity index (χ0v) is 13.3. The Morgan fingerprint density at radius 2 is 1.77 bits per heavy atom. The second-order valence-electron chi connectivity index (χ2n) is 5.36. The molecule has 116 valence electrons. The summed E-state index contributed by atoms with van der Waals surface area (Å²) in [5.41, 5.74) is 1.78. The molecular weight excluding hydrogens is 278 g/mol. The molecule has 0 aromatic heterocycles. The third kappa shape index (κ3) is 5.10. The molecule has 0 amide bonds. The van der Waals surface area contributed by atoms with Crippen LogP contribution < -0.4 is 14.9 Å². The van der Waals surface area contributed by atoms with Crippen molar-refractivity contribution in [2.24, 2.45) is 0 Å². The Balaban J connectivity index is 1.83. The molecule has 2 nitrogen and oxygen atoms in total. The second-order valence-corrected chi connectivity index (χ2v) is 5.36. The highest BCUT2D eigenvalue weighted by atomic mass is 19.1. The van der Waals surface area contributed by atoms with Gasteiger partial charge < -0.3 is 9.47 Å². The number of hydrogen-bond donors (Lipinski definition) is 0. The van der Waals surface area contributed by atoms with Crippen molar-refractivity contribution in [3.8, 4) is 11.5 Å². The van der Waals surface area contributed by atoms with E-state index in [-0.39, 0.29) is 5.82 Å². The molecule has 0 atom stereocenters. The minimum absolute atomic E-state index is 0.233. The molecule has 2 aromatic carbocycles. The monoisotopic (exact) mass is 300 g/mol. The molecule has 0 aliphatic heterocycles. The Kier molecular flexibility index (Phi) is 6.32. The van der Waals surface area contributed by atoms with Crippen molar-refractivity contribution in [1.29, 1.82) is 0 Å². The average Bonchev–Trinajstić information content (AvgIpc) is 2.52. The van der Waals surface area contributed by atoms with Gasteiger partial charge in [-0.3, -0.25) is 0 Å². The molecule has 22 heavy (non-hydrogen) atoms. The van der Waals surface area contributed by atoms with Crippen molar-refractivity contribution in [3.63, 3.8) is 0 Å². The number of benzene rings is 2. The first kappa shape index (κ1) is 16.4. The Morgan fingerprint density at radius 3 is 2.55 bits per heavy atom. The predicted octanol–water partition coefficient (Wildman–Crippen LogP) is 2.88. The Labute approximate surface area is 132 Å². The number of rotatable bonds is 8. The van der Waals surface area contributed by atoms with Crippen LogP contribution in [0.3, 0.4) is 0 Å². The maximum absolute atomic E-state index is 13.4. The standard InChI is InChI=1S/C18H22BFO2/c1-2-3-10-21-15-6-4-5-14(12-15)9-11-22-16-7-8-17(19)18(20)13-16/h4-8,12-13H,2-3,9-11,19H2,1H3. The summed E-state index contributed by atoms with van der Waals surface area (Å²) in [6, 6.07) is 13.0. The summed E-state index contributed by atoms with van der Waals surface area (Å²) >= 11 is 0. The minimum atomic E-state index is -0.233. The SMILES string of the molecule is Bc1ccc(OCCc2cccc(OCCCC)c2)cc1F. The lowest BCUT2D eigenvalue weighted by atomic mass is 9.96. The lowest BCUT2D eigenvalue weighted by Gasteiger charge is -2.09. The number of hydrogen-bond acceptors (Lipinski definition) is 2. The average molecular weight is 300 g/mol. The van der Waals surface area contributed by atoms with Crippen LogP contribution in [0.4, 0.5) is 4.39 Å². The molecule has 0 spiro atoms. The molecule has 0 aliphatic rings. The van der Waals surface area contributed by atoms with Gasteiger partial charge in [-0.1, -0.05) is 37.0 Å². The third-order valence-electron chi connectivity index (χ3n) is 3.47. The first-order chi connectivity index (χ1) is 10.7. The molecule has 4 heteroatoms. The molecule has 0 saturated carbocycles. The summed E-state index contributed by atoms with van der Waals surface area (Å²) in [5, 5.41) is 0. The van der Waals surface area contributed by atoms with Crippen molar-refractivity contribution < 1.29 is 13.9 Å². The van der Waals surface area contributed by atoms with Gasteiger partial charge in [0, 0.05) is 12.5 Å². The van der Waals surface area contributed by atoms with Gasteiger partial charge in [0.25, 0.3) is 0 Å². The van der Waals surface area contributed by atoms with Gasteiger partial charge in [0.15, 0.2) is 0 Å². The molecule has 0 saturated heterocycles. The highest BCUT2D eigenvalue weighted by Crippen LogP contribution is 2.15. The quantitative estimate of drug-likeness (QED) is 0.551. The Hall–Kier alpha value is -1.97. The van der Waals surface area contributed by atoms with Crippen LogP contribution in [-0.2, 0) is 6.42 Å². The van der Waals surface area contributed by atoms with Gasteiger partial charge in [-0.2, -0.15) is 0 Å². The predicted molar refractivity (Wildman–Crippen MR) is 90.6 cm³/mol. The smallest absolute Gasteiger partial charge is 0.143 e. The molecule has 0 heterocycles. The minimum Gasteiger partial charge on any atom is -0.494 e. The van der Waals surface area contributed by atoms with Crippen molar-refractivity contribution >= 4 is 13.3 Å². The molecule has 0 unspecified atom stereocenters. The molecule has 0 aliphatic carbocycles. The summed E-state index contributed by atoms with van der Waals surface area (Å²) in [5.74, 6) is 1.23.